The zero-order valence-corrected chi connectivity index (χ0v) is 20.5. The van der Waals surface area contributed by atoms with Gasteiger partial charge < -0.3 is 10.2 Å². The number of rotatable bonds is 3. The van der Waals surface area contributed by atoms with Gasteiger partial charge >= 0.3 is 6.03 Å². The summed E-state index contributed by atoms with van der Waals surface area (Å²) in [7, 11) is 0. The molecule has 0 radical (unpaired) electrons. The second-order valence-electron chi connectivity index (χ2n) is 9.54. The van der Waals surface area contributed by atoms with Gasteiger partial charge in [0.25, 0.3) is 5.91 Å². The van der Waals surface area contributed by atoms with E-state index in [1.165, 1.54) is 40.9 Å². The van der Waals surface area contributed by atoms with Crippen LogP contribution in [0.3, 0.4) is 0 Å². The summed E-state index contributed by atoms with van der Waals surface area (Å²) in [5.41, 5.74) is 3.22. The first-order chi connectivity index (χ1) is 16.6. The van der Waals surface area contributed by atoms with Gasteiger partial charge in [0.15, 0.2) is 4.87 Å². The van der Waals surface area contributed by atoms with Gasteiger partial charge in [-0.25, -0.2) is 13.6 Å². The lowest BCUT2D eigenvalue weighted by Gasteiger charge is -2.33. The summed E-state index contributed by atoms with van der Waals surface area (Å²) < 4.78 is 27.4. The van der Waals surface area contributed by atoms with E-state index >= 15 is 0 Å². The predicted molar refractivity (Wildman–Crippen MR) is 134 cm³/mol. The third-order valence-electron chi connectivity index (χ3n) is 6.30. The van der Waals surface area contributed by atoms with Crippen LogP contribution in [-0.4, -0.2) is 28.1 Å². The van der Waals surface area contributed by atoms with Gasteiger partial charge in [-0.2, -0.15) is 0 Å². The second kappa shape index (κ2) is 8.37. The summed E-state index contributed by atoms with van der Waals surface area (Å²) in [6.07, 6.45) is 0. The number of urea groups is 1. The molecule has 35 heavy (non-hydrogen) atoms. The quantitative estimate of drug-likeness (QED) is 0.485. The summed E-state index contributed by atoms with van der Waals surface area (Å²) in [6.45, 7) is 6.44. The minimum absolute atomic E-state index is 0.0560. The van der Waals surface area contributed by atoms with Crippen LogP contribution >= 0.6 is 11.8 Å². The fraction of sp³-hybridized carbons (Fsp3) is 0.259. The maximum Gasteiger partial charge on any atom is 0.323 e. The molecule has 0 aromatic heterocycles. The van der Waals surface area contributed by atoms with Gasteiger partial charge in [-0.15, -0.1) is 11.8 Å². The number of amides is 3. The fourth-order valence-electron chi connectivity index (χ4n) is 4.79. The van der Waals surface area contributed by atoms with E-state index in [0.29, 0.717) is 12.2 Å². The highest BCUT2D eigenvalue weighted by Crippen LogP contribution is 2.60. The molecule has 2 aliphatic heterocycles. The first kappa shape index (κ1) is 23.4. The average Bonchev–Trinajstić information content (AvgIpc) is 3.23. The highest BCUT2D eigenvalue weighted by molar-refractivity contribution is 8.02. The lowest BCUT2D eigenvalue weighted by Crippen LogP contribution is -2.51. The number of hydrogen-bond donors (Lipinski definition) is 1. The number of carbonyl (C=O) groups excluding carboxylic acids is 2. The van der Waals surface area contributed by atoms with E-state index in [4.69, 9.17) is 0 Å². The van der Waals surface area contributed by atoms with Crippen LogP contribution in [0.1, 0.15) is 30.5 Å². The maximum absolute atomic E-state index is 14.3. The highest BCUT2D eigenvalue weighted by atomic mass is 32.2. The molecule has 5 rings (SSSR count). The predicted octanol–water partition coefficient (Wildman–Crippen LogP) is 6.03. The Kier molecular flexibility index (Phi) is 5.59. The molecule has 1 atom stereocenters. The van der Waals surface area contributed by atoms with Crippen molar-refractivity contribution in [1.29, 1.82) is 0 Å². The number of carbonyl (C=O) groups is 2. The Bertz CT molecular complexity index is 1330. The number of benzene rings is 3. The number of nitrogens with zero attached hydrogens (tertiary/aromatic N) is 2. The van der Waals surface area contributed by atoms with Gasteiger partial charge in [-0.3, -0.25) is 9.69 Å². The molecular weight excluding hydrogens is 468 g/mol. The molecule has 1 spiro atoms. The van der Waals surface area contributed by atoms with Crippen LogP contribution in [0.2, 0.25) is 0 Å². The molecule has 1 unspecified atom stereocenters. The summed E-state index contributed by atoms with van der Waals surface area (Å²) in [5.74, 6) is -1.15. The lowest BCUT2D eigenvalue weighted by atomic mass is 10.0. The Labute approximate surface area is 207 Å². The molecule has 5 nitrogen and oxygen atoms in total. The van der Waals surface area contributed by atoms with Crippen LogP contribution in [-0.2, 0) is 16.2 Å². The van der Waals surface area contributed by atoms with Crippen LogP contribution < -0.4 is 10.2 Å². The Balaban J connectivity index is 1.59. The Morgan fingerprint density at radius 1 is 1.06 bits per heavy atom. The van der Waals surface area contributed by atoms with E-state index in [1.807, 2.05) is 39.0 Å². The molecule has 8 heteroatoms. The van der Waals surface area contributed by atoms with Crippen molar-refractivity contribution in [2.75, 3.05) is 16.8 Å². The minimum Gasteiger partial charge on any atom is -0.305 e. The van der Waals surface area contributed by atoms with Crippen molar-refractivity contribution in [1.82, 2.24) is 4.90 Å². The topological polar surface area (TPSA) is 52.7 Å². The van der Waals surface area contributed by atoms with Crippen molar-refractivity contribution in [2.45, 2.75) is 36.9 Å². The summed E-state index contributed by atoms with van der Waals surface area (Å²) in [4.78, 5) is 29.7. The van der Waals surface area contributed by atoms with Crippen molar-refractivity contribution in [2.24, 2.45) is 0 Å². The molecule has 2 heterocycles. The SMILES string of the molecule is Cc1ccc2c(c1)C1(SC(C)(C)CN1C(=O)Nc1ccccc1F)C(=O)N2Cc1ccc(F)cc1. The molecular formula is C27H25F2N3O2S. The third kappa shape index (κ3) is 3.95. The molecule has 3 aromatic rings. The lowest BCUT2D eigenvalue weighted by molar-refractivity contribution is -0.123. The smallest absolute Gasteiger partial charge is 0.305 e. The van der Waals surface area contributed by atoms with Gasteiger partial charge in [-0.1, -0.05) is 42.0 Å². The van der Waals surface area contributed by atoms with Crippen LogP contribution in [0.4, 0.5) is 25.0 Å². The zero-order chi connectivity index (χ0) is 25.0. The molecule has 1 N–H and O–H groups in total. The fourth-order valence-corrected chi connectivity index (χ4v) is 6.51. The minimum atomic E-state index is -1.31. The number of fused-ring (bicyclic) bond motifs is 2. The van der Waals surface area contributed by atoms with Crippen molar-refractivity contribution in [3.8, 4) is 0 Å². The summed E-state index contributed by atoms with van der Waals surface area (Å²) >= 11 is 1.43. The first-order valence-corrected chi connectivity index (χ1v) is 12.1. The van der Waals surface area contributed by atoms with Gasteiger partial charge in [0.1, 0.15) is 11.6 Å². The number of hydrogen-bond acceptors (Lipinski definition) is 3. The standard InChI is InChI=1S/C27H25F2N3O2S/c1-17-8-13-23-20(14-17)27(24(33)31(23)15-18-9-11-19(28)12-10-18)32(16-26(2,3)35-27)25(34)30-22-7-5-4-6-21(22)29/h4-14H,15-16H2,1-3H3,(H,30,34). The molecule has 180 valence electrons. The number of thioether (sulfide) groups is 1. The van der Waals surface area contributed by atoms with Crippen LogP contribution in [0, 0.1) is 18.6 Å². The summed E-state index contributed by atoms with van der Waals surface area (Å²) in [6, 6.07) is 17.2. The molecule has 1 saturated heterocycles. The zero-order valence-electron chi connectivity index (χ0n) is 19.6. The number of halogens is 2. The largest absolute Gasteiger partial charge is 0.323 e. The normalized spacial score (nSPS) is 20.4. The van der Waals surface area contributed by atoms with Crippen LogP contribution in [0.15, 0.2) is 66.7 Å². The van der Waals surface area contributed by atoms with Crippen LogP contribution in [0.5, 0.6) is 0 Å². The van der Waals surface area contributed by atoms with Gasteiger partial charge in [0.2, 0.25) is 0 Å². The maximum atomic E-state index is 14.3. The van der Waals surface area contributed by atoms with Crippen molar-refractivity contribution >= 4 is 35.1 Å². The molecule has 0 aliphatic carbocycles. The molecule has 0 saturated carbocycles. The monoisotopic (exact) mass is 493 g/mol. The average molecular weight is 494 g/mol. The highest BCUT2D eigenvalue weighted by Gasteiger charge is 2.63. The number of aryl methyl sites for hydroxylation is 1. The molecule has 3 amide bonds. The van der Waals surface area contributed by atoms with Crippen molar-refractivity contribution in [3.05, 3.63) is 95.1 Å². The third-order valence-corrected chi connectivity index (χ3v) is 7.89. The van der Waals surface area contributed by atoms with Crippen molar-refractivity contribution < 1.29 is 18.4 Å². The van der Waals surface area contributed by atoms with Crippen molar-refractivity contribution in [3.63, 3.8) is 0 Å². The summed E-state index contributed by atoms with van der Waals surface area (Å²) in [5, 5.41) is 2.66. The number of anilines is 2. The van der Waals surface area contributed by atoms with E-state index in [0.717, 1.165) is 16.7 Å². The Morgan fingerprint density at radius 3 is 2.49 bits per heavy atom. The Morgan fingerprint density at radius 2 is 1.77 bits per heavy atom. The van der Waals surface area contributed by atoms with E-state index in [9.17, 15) is 18.4 Å². The van der Waals surface area contributed by atoms with Gasteiger partial charge in [0.05, 0.1) is 17.9 Å². The number of nitrogens with one attached hydrogen (secondary N) is 1. The second-order valence-corrected chi connectivity index (χ2v) is 11.4. The van der Waals surface area contributed by atoms with E-state index in [-0.39, 0.29) is 24.0 Å². The number of para-hydroxylation sites is 1. The van der Waals surface area contributed by atoms with E-state index < -0.39 is 21.5 Å². The van der Waals surface area contributed by atoms with Crippen LogP contribution in [0.25, 0.3) is 0 Å². The van der Waals surface area contributed by atoms with E-state index in [1.54, 1.807) is 29.2 Å². The molecule has 0 bridgehead atoms. The molecule has 2 aliphatic rings. The van der Waals surface area contributed by atoms with Gasteiger partial charge in [0, 0.05) is 16.9 Å². The van der Waals surface area contributed by atoms with Gasteiger partial charge in [-0.05, 0) is 56.7 Å². The Hall–Kier alpha value is -3.39. The first-order valence-electron chi connectivity index (χ1n) is 11.3. The molecule has 1 fully saturated rings. The van der Waals surface area contributed by atoms with E-state index in [2.05, 4.69) is 5.32 Å². The molecule has 3 aromatic carbocycles.